The van der Waals surface area contributed by atoms with Gasteiger partial charge in [0.1, 0.15) is 11.4 Å². The first-order valence-corrected chi connectivity index (χ1v) is 9.18. The number of likely N-dealkylation sites (tertiary alicyclic amines) is 1. The normalized spacial score (nSPS) is 16.3. The molecule has 0 bridgehead atoms. The van der Waals surface area contributed by atoms with Gasteiger partial charge in [-0.2, -0.15) is 5.10 Å². The molecule has 1 fully saturated rings. The van der Waals surface area contributed by atoms with E-state index in [1.54, 1.807) is 29.8 Å². The molecule has 1 aliphatic heterocycles. The van der Waals surface area contributed by atoms with E-state index in [0.29, 0.717) is 30.8 Å². The lowest BCUT2D eigenvalue weighted by Crippen LogP contribution is -2.42. The second kappa shape index (κ2) is 7.90. The van der Waals surface area contributed by atoms with E-state index in [0.717, 1.165) is 12.8 Å². The number of amides is 1. The molecule has 27 heavy (non-hydrogen) atoms. The van der Waals surface area contributed by atoms with E-state index in [4.69, 9.17) is 5.11 Å². The van der Waals surface area contributed by atoms with Crippen molar-refractivity contribution in [2.45, 2.75) is 39.2 Å². The van der Waals surface area contributed by atoms with Crippen LogP contribution in [0.1, 0.15) is 47.4 Å². The number of rotatable bonds is 5. The molecule has 0 spiro atoms. The number of aromatic carboxylic acids is 1. The zero-order valence-electron chi connectivity index (χ0n) is 15.6. The third-order valence-electron chi connectivity index (χ3n) is 5.30. The molecule has 1 saturated heterocycles. The molecule has 144 valence electrons. The Labute approximate surface area is 157 Å². The van der Waals surface area contributed by atoms with Crippen molar-refractivity contribution in [3.63, 3.8) is 0 Å². The molecule has 3 rings (SSSR count). The Balaban J connectivity index is 1.59. The molecule has 1 unspecified atom stereocenters. The minimum absolute atomic E-state index is 0.0279. The van der Waals surface area contributed by atoms with Crippen LogP contribution in [0.15, 0.2) is 30.5 Å². The van der Waals surface area contributed by atoms with Crippen LogP contribution in [0.25, 0.3) is 0 Å². The lowest BCUT2D eigenvalue weighted by atomic mass is 9.97. The zero-order chi connectivity index (χ0) is 19.6. The first-order chi connectivity index (χ1) is 12.9. The Hall–Kier alpha value is -2.70. The SMILES string of the molecule is Cc1c(C(=O)O)cnn1C1CCN(C(=O)C(C)Cc2ccccc2F)CC1. The molecular formula is C20H24FN3O3. The maximum absolute atomic E-state index is 13.8. The molecule has 1 atom stereocenters. The number of nitrogens with zero attached hydrogens (tertiary/aromatic N) is 3. The summed E-state index contributed by atoms with van der Waals surface area (Å²) in [6.07, 6.45) is 3.21. The van der Waals surface area contributed by atoms with Crippen molar-refractivity contribution in [3.05, 3.63) is 53.1 Å². The van der Waals surface area contributed by atoms with Crippen molar-refractivity contribution < 1.29 is 19.1 Å². The number of benzene rings is 1. The van der Waals surface area contributed by atoms with Gasteiger partial charge in [-0.05, 0) is 37.8 Å². The quantitative estimate of drug-likeness (QED) is 0.874. The fourth-order valence-corrected chi connectivity index (χ4v) is 3.73. The Morgan fingerprint density at radius 2 is 1.96 bits per heavy atom. The summed E-state index contributed by atoms with van der Waals surface area (Å²) in [6, 6.07) is 6.63. The average molecular weight is 373 g/mol. The van der Waals surface area contributed by atoms with Crippen molar-refractivity contribution in [3.8, 4) is 0 Å². The van der Waals surface area contributed by atoms with Crippen LogP contribution in [-0.4, -0.2) is 44.8 Å². The van der Waals surface area contributed by atoms with Gasteiger partial charge in [-0.1, -0.05) is 25.1 Å². The van der Waals surface area contributed by atoms with Gasteiger partial charge in [-0.3, -0.25) is 9.48 Å². The summed E-state index contributed by atoms with van der Waals surface area (Å²) in [5.74, 6) is -1.52. The average Bonchev–Trinajstić information content (AvgIpc) is 3.05. The standard InChI is InChI=1S/C20H24FN3O3/c1-13(11-15-5-3-4-6-18(15)21)19(25)23-9-7-16(8-10-23)24-14(2)17(12-22-24)20(26)27/h3-6,12-13,16H,7-11H2,1-2H3,(H,26,27). The number of hydrogen-bond acceptors (Lipinski definition) is 3. The first-order valence-electron chi connectivity index (χ1n) is 9.18. The summed E-state index contributed by atoms with van der Waals surface area (Å²) in [5, 5.41) is 13.4. The van der Waals surface area contributed by atoms with Crippen LogP contribution in [0.3, 0.4) is 0 Å². The number of aromatic nitrogens is 2. The fraction of sp³-hybridized carbons (Fsp3) is 0.450. The summed E-state index contributed by atoms with van der Waals surface area (Å²) in [5.41, 5.74) is 1.41. The number of carboxylic acid groups (broad SMARTS) is 1. The van der Waals surface area contributed by atoms with Crippen molar-refractivity contribution >= 4 is 11.9 Å². The molecule has 7 heteroatoms. The molecule has 2 heterocycles. The predicted molar refractivity (Wildman–Crippen MR) is 98.0 cm³/mol. The number of carbonyl (C=O) groups is 2. The predicted octanol–water partition coefficient (Wildman–Crippen LogP) is 3.07. The topological polar surface area (TPSA) is 75.4 Å². The summed E-state index contributed by atoms with van der Waals surface area (Å²) < 4.78 is 15.6. The van der Waals surface area contributed by atoms with Crippen LogP contribution in [0.4, 0.5) is 4.39 Å². The van der Waals surface area contributed by atoms with Gasteiger partial charge in [-0.25, -0.2) is 9.18 Å². The van der Waals surface area contributed by atoms with Gasteiger partial charge in [0.2, 0.25) is 5.91 Å². The van der Waals surface area contributed by atoms with Gasteiger partial charge in [-0.15, -0.1) is 0 Å². The van der Waals surface area contributed by atoms with Gasteiger partial charge in [0.15, 0.2) is 0 Å². The fourth-order valence-electron chi connectivity index (χ4n) is 3.73. The summed E-state index contributed by atoms with van der Waals surface area (Å²) in [7, 11) is 0. The van der Waals surface area contributed by atoms with Crippen LogP contribution in [0.2, 0.25) is 0 Å². The van der Waals surface area contributed by atoms with Crippen molar-refractivity contribution in [1.29, 1.82) is 0 Å². The smallest absolute Gasteiger partial charge is 0.339 e. The largest absolute Gasteiger partial charge is 0.478 e. The Kier molecular flexibility index (Phi) is 5.58. The summed E-state index contributed by atoms with van der Waals surface area (Å²) >= 11 is 0. The Morgan fingerprint density at radius 3 is 2.56 bits per heavy atom. The van der Waals surface area contributed by atoms with E-state index in [1.165, 1.54) is 12.3 Å². The van der Waals surface area contributed by atoms with Gasteiger partial charge < -0.3 is 10.0 Å². The molecule has 6 nitrogen and oxygen atoms in total. The minimum atomic E-state index is -0.978. The second-order valence-electron chi connectivity index (χ2n) is 7.15. The summed E-state index contributed by atoms with van der Waals surface area (Å²) in [4.78, 5) is 25.7. The van der Waals surface area contributed by atoms with Crippen LogP contribution in [0, 0.1) is 18.7 Å². The minimum Gasteiger partial charge on any atom is -0.478 e. The van der Waals surface area contributed by atoms with Crippen LogP contribution in [-0.2, 0) is 11.2 Å². The first kappa shape index (κ1) is 19.1. The highest BCUT2D eigenvalue weighted by atomic mass is 19.1. The van der Waals surface area contributed by atoms with Crippen LogP contribution < -0.4 is 0 Å². The third kappa shape index (κ3) is 4.02. The monoisotopic (exact) mass is 373 g/mol. The number of piperidine rings is 1. The highest BCUT2D eigenvalue weighted by molar-refractivity contribution is 5.88. The van der Waals surface area contributed by atoms with E-state index >= 15 is 0 Å². The lowest BCUT2D eigenvalue weighted by Gasteiger charge is -2.34. The van der Waals surface area contributed by atoms with Gasteiger partial charge in [0, 0.05) is 19.0 Å². The summed E-state index contributed by atoms with van der Waals surface area (Å²) in [6.45, 7) is 4.77. The van der Waals surface area contributed by atoms with Gasteiger partial charge in [0.05, 0.1) is 17.9 Å². The molecule has 0 saturated carbocycles. The van der Waals surface area contributed by atoms with E-state index in [-0.39, 0.29) is 29.2 Å². The Morgan fingerprint density at radius 1 is 1.30 bits per heavy atom. The maximum Gasteiger partial charge on any atom is 0.339 e. The van der Waals surface area contributed by atoms with Gasteiger partial charge >= 0.3 is 5.97 Å². The van der Waals surface area contributed by atoms with Crippen molar-refractivity contribution in [2.24, 2.45) is 5.92 Å². The molecule has 1 amide bonds. The van der Waals surface area contributed by atoms with Crippen LogP contribution in [0.5, 0.6) is 0 Å². The van der Waals surface area contributed by atoms with Gasteiger partial charge in [0.25, 0.3) is 0 Å². The molecule has 0 radical (unpaired) electrons. The highest BCUT2D eigenvalue weighted by Crippen LogP contribution is 2.26. The van der Waals surface area contributed by atoms with Crippen molar-refractivity contribution in [1.82, 2.24) is 14.7 Å². The highest BCUT2D eigenvalue weighted by Gasteiger charge is 2.29. The molecule has 0 aliphatic carbocycles. The maximum atomic E-state index is 13.8. The molecule has 1 aromatic carbocycles. The molecule has 2 aromatic rings. The number of halogens is 1. The second-order valence-corrected chi connectivity index (χ2v) is 7.15. The van der Waals surface area contributed by atoms with Crippen LogP contribution >= 0.6 is 0 Å². The number of hydrogen-bond donors (Lipinski definition) is 1. The number of carbonyl (C=O) groups excluding carboxylic acids is 1. The molecular weight excluding hydrogens is 349 g/mol. The van der Waals surface area contributed by atoms with E-state index < -0.39 is 5.97 Å². The third-order valence-corrected chi connectivity index (χ3v) is 5.30. The molecule has 1 aromatic heterocycles. The Bertz CT molecular complexity index is 841. The molecule has 1 aliphatic rings. The van der Waals surface area contributed by atoms with E-state index in [9.17, 15) is 14.0 Å². The lowest BCUT2D eigenvalue weighted by molar-refractivity contribution is -0.136. The zero-order valence-corrected chi connectivity index (χ0v) is 15.6. The van der Waals surface area contributed by atoms with E-state index in [1.807, 2.05) is 11.8 Å². The molecule has 1 N–H and O–H groups in total. The number of carboxylic acids is 1. The van der Waals surface area contributed by atoms with Crippen molar-refractivity contribution in [2.75, 3.05) is 13.1 Å². The van der Waals surface area contributed by atoms with E-state index in [2.05, 4.69) is 5.10 Å².